The summed E-state index contributed by atoms with van der Waals surface area (Å²) in [4.78, 5) is 0. The summed E-state index contributed by atoms with van der Waals surface area (Å²) < 4.78 is 0. The fourth-order valence-electron chi connectivity index (χ4n) is 3.01. The van der Waals surface area contributed by atoms with Gasteiger partial charge in [0, 0.05) is 5.66 Å². The standard InChI is InChI=1S/C21H23P2/c1-18(2)22-23(19-12-6-3-7-13-19,20-14-8-4-9-15-20)21-16-10-5-11-17-21/h3-18,22H,1-2H3/q+1. The highest BCUT2D eigenvalue weighted by Crippen LogP contribution is 2.72. The lowest BCUT2D eigenvalue weighted by molar-refractivity contribution is 1.11. The van der Waals surface area contributed by atoms with Gasteiger partial charge in [0.05, 0.1) is 8.27 Å². The van der Waals surface area contributed by atoms with Crippen LogP contribution in [0.3, 0.4) is 0 Å². The summed E-state index contributed by atoms with van der Waals surface area (Å²) in [6.45, 7) is 3.12. The smallest absolute Gasteiger partial charge is 0.0620 e. The van der Waals surface area contributed by atoms with E-state index in [1.54, 1.807) is 0 Å². The van der Waals surface area contributed by atoms with Gasteiger partial charge in [0.15, 0.2) is 0 Å². The van der Waals surface area contributed by atoms with E-state index in [0.29, 0.717) is 5.66 Å². The maximum Gasteiger partial charge on any atom is 0.127 e. The highest BCUT2D eigenvalue weighted by atomic mass is 32.1. The number of benzene rings is 3. The van der Waals surface area contributed by atoms with Crippen LogP contribution in [0.25, 0.3) is 0 Å². The first-order valence-electron chi connectivity index (χ1n) is 8.07. The molecule has 0 aliphatic heterocycles. The van der Waals surface area contributed by atoms with Gasteiger partial charge in [-0.15, -0.1) is 0 Å². The van der Waals surface area contributed by atoms with Crippen molar-refractivity contribution in [3.05, 3.63) is 91.0 Å². The summed E-state index contributed by atoms with van der Waals surface area (Å²) in [5.41, 5.74) is 0.670. The highest BCUT2D eigenvalue weighted by Gasteiger charge is 2.45. The summed E-state index contributed by atoms with van der Waals surface area (Å²) in [5, 5.41) is 4.47. The van der Waals surface area contributed by atoms with E-state index < -0.39 is 6.95 Å². The molecule has 0 radical (unpaired) electrons. The molecule has 1 atom stereocenters. The average Bonchev–Trinajstić information content (AvgIpc) is 2.62. The molecule has 0 aliphatic carbocycles. The molecule has 3 aromatic rings. The maximum absolute atomic E-state index is 2.35. The molecule has 2 heteroatoms. The Kier molecular flexibility index (Phi) is 5.27. The van der Waals surface area contributed by atoms with Gasteiger partial charge in [-0.05, 0) is 36.4 Å². The average molecular weight is 337 g/mol. The molecule has 116 valence electrons. The monoisotopic (exact) mass is 337 g/mol. The summed E-state index contributed by atoms with van der Waals surface area (Å²) in [6, 6.07) is 33.4. The minimum absolute atomic E-state index is 0.670. The molecule has 0 aliphatic rings. The van der Waals surface area contributed by atoms with Crippen LogP contribution in [0, 0.1) is 0 Å². The van der Waals surface area contributed by atoms with Gasteiger partial charge in [-0.1, -0.05) is 68.4 Å². The van der Waals surface area contributed by atoms with E-state index in [-0.39, 0.29) is 0 Å². The zero-order valence-corrected chi connectivity index (χ0v) is 15.6. The van der Waals surface area contributed by atoms with Crippen molar-refractivity contribution in [3.8, 4) is 0 Å². The minimum Gasteiger partial charge on any atom is -0.0620 e. The van der Waals surface area contributed by atoms with E-state index in [1.807, 2.05) is 0 Å². The zero-order valence-electron chi connectivity index (χ0n) is 13.7. The topological polar surface area (TPSA) is 0 Å². The second-order valence-electron chi connectivity index (χ2n) is 5.96. The highest BCUT2D eigenvalue weighted by molar-refractivity contribution is 8.42. The molecule has 0 heterocycles. The van der Waals surface area contributed by atoms with Crippen molar-refractivity contribution in [2.75, 3.05) is 0 Å². The molecule has 23 heavy (non-hydrogen) atoms. The van der Waals surface area contributed by atoms with Crippen LogP contribution in [0.15, 0.2) is 91.0 Å². The predicted octanol–water partition coefficient (Wildman–Crippen LogP) is 4.98. The van der Waals surface area contributed by atoms with Crippen LogP contribution in [0.4, 0.5) is 0 Å². The third-order valence-electron chi connectivity index (χ3n) is 3.88. The molecule has 0 spiro atoms. The third kappa shape index (κ3) is 3.40. The van der Waals surface area contributed by atoms with Gasteiger partial charge >= 0.3 is 0 Å². The summed E-state index contributed by atoms with van der Waals surface area (Å²) in [5.74, 6) is 0. The third-order valence-corrected chi connectivity index (χ3v) is 13.0. The molecule has 0 nitrogen and oxygen atoms in total. The van der Waals surface area contributed by atoms with Crippen LogP contribution in [0.5, 0.6) is 0 Å². The molecule has 0 saturated carbocycles. The van der Waals surface area contributed by atoms with Gasteiger partial charge in [0.25, 0.3) is 0 Å². The molecule has 3 rings (SSSR count). The van der Waals surface area contributed by atoms with Crippen LogP contribution >= 0.6 is 15.2 Å². The molecule has 0 bridgehead atoms. The second-order valence-corrected chi connectivity index (χ2v) is 13.1. The first-order chi connectivity index (χ1) is 11.2. The van der Waals surface area contributed by atoms with Gasteiger partial charge in [-0.2, -0.15) is 0 Å². The second kappa shape index (κ2) is 7.39. The van der Waals surface area contributed by atoms with Crippen molar-refractivity contribution in [2.45, 2.75) is 19.5 Å². The molecule has 3 aromatic carbocycles. The van der Waals surface area contributed by atoms with Crippen molar-refractivity contribution in [2.24, 2.45) is 0 Å². The van der Waals surface area contributed by atoms with Crippen molar-refractivity contribution in [1.82, 2.24) is 0 Å². The molecule has 0 fully saturated rings. The SMILES string of the molecule is CC(C)P[P+](c1ccccc1)(c1ccccc1)c1ccccc1. The van der Waals surface area contributed by atoms with Crippen LogP contribution in [-0.4, -0.2) is 5.66 Å². The fourth-order valence-corrected chi connectivity index (χ4v) is 12.0. The van der Waals surface area contributed by atoms with Gasteiger partial charge in [-0.3, -0.25) is 0 Å². The fraction of sp³-hybridized carbons (Fsp3) is 0.143. The van der Waals surface area contributed by atoms with Gasteiger partial charge in [0.1, 0.15) is 22.9 Å². The van der Waals surface area contributed by atoms with Crippen LogP contribution in [-0.2, 0) is 0 Å². The summed E-state index contributed by atoms with van der Waals surface area (Å²) in [7, 11) is 0.893. The Labute approximate surface area is 142 Å². The number of rotatable bonds is 5. The lowest BCUT2D eigenvalue weighted by atomic mass is 10.4. The van der Waals surface area contributed by atoms with E-state index in [1.165, 1.54) is 15.9 Å². The number of hydrogen-bond donors (Lipinski definition) is 0. The maximum atomic E-state index is 2.35. The largest absolute Gasteiger partial charge is 0.127 e. The Morgan fingerprint density at radius 3 is 1.13 bits per heavy atom. The van der Waals surface area contributed by atoms with E-state index >= 15 is 0 Å². The quantitative estimate of drug-likeness (QED) is 0.576. The van der Waals surface area contributed by atoms with Gasteiger partial charge in [0.2, 0.25) is 0 Å². The van der Waals surface area contributed by atoms with Crippen LogP contribution < -0.4 is 15.9 Å². The van der Waals surface area contributed by atoms with Crippen molar-refractivity contribution in [1.29, 1.82) is 0 Å². The Hall–Kier alpha value is -1.48. The van der Waals surface area contributed by atoms with Crippen molar-refractivity contribution in [3.63, 3.8) is 0 Å². The van der Waals surface area contributed by atoms with E-state index in [9.17, 15) is 0 Å². The Morgan fingerprint density at radius 2 is 0.870 bits per heavy atom. The van der Waals surface area contributed by atoms with Crippen molar-refractivity contribution >= 4 is 31.1 Å². The van der Waals surface area contributed by atoms with E-state index in [4.69, 9.17) is 0 Å². The molecular formula is C21H23P2+. The van der Waals surface area contributed by atoms with Gasteiger partial charge in [-0.25, -0.2) is 0 Å². The lowest BCUT2D eigenvalue weighted by Gasteiger charge is -2.28. The van der Waals surface area contributed by atoms with E-state index in [2.05, 4.69) is 105 Å². The summed E-state index contributed by atoms with van der Waals surface area (Å²) >= 11 is 0. The Balaban J connectivity index is 2.30. The molecule has 0 saturated heterocycles. The molecular weight excluding hydrogens is 314 g/mol. The number of hydrogen-bond acceptors (Lipinski definition) is 0. The molecule has 1 unspecified atom stereocenters. The van der Waals surface area contributed by atoms with Crippen molar-refractivity contribution < 1.29 is 0 Å². The Morgan fingerprint density at radius 1 is 0.565 bits per heavy atom. The summed E-state index contributed by atoms with van der Waals surface area (Å²) in [6.07, 6.45) is 0. The van der Waals surface area contributed by atoms with Crippen LogP contribution in [0.1, 0.15) is 13.8 Å². The molecule has 0 aromatic heterocycles. The first-order valence-corrected chi connectivity index (χ1v) is 11.8. The molecule has 0 N–H and O–H groups in total. The normalized spacial score (nSPS) is 12.1. The zero-order chi connectivity index (χ0) is 16.1. The van der Waals surface area contributed by atoms with E-state index in [0.717, 1.165) is 8.27 Å². The first kappa shape index (κ1) is 16.4. The lowest BCUT2D eigenvalue weighted by Crippen LogP contribution is -2.28. The Bertz CT molecular complexity index is 625. The molecule has 0 amide bonds. The predicted molar refractivity (Wildman–Crippen MR) is 109 cm³/mol. The van der Waals surface area contributed by atoms with Gasteiger partial charge < -0.3 is 0 Å². The minimum atomic E-state index is -1.58. The van der Waals surface area contributed by atoms with Crippen LogP contribution in [0.2, 0.25) is 0 Å².